The summed E-state index contributed by atoms with van der Waals surface area (Å²) in [4.78, 5) is 2.40. The van der Waals surface area contributed by atoms with Crippen LogP contribution >= 0.6 is 0 Å². The van der Waals surface area contributed by atoms with E-state index < -0.39 is 6.61 Å². The third-order valence-corrected chi connectivity index (χ3v) is 4.13. The molecule has 0 aliphatic carbocycles. The fraction of sp³-hybridized carbons (Fsp3) is 0.571. The number of alkyl halides is 2. The number of piperidine rings is 1. The van der Waals surface area contributed by atoms with Crippen molar-refractivity contribution in [1.29, 1.82) is 0 Å². The Hall–Kier alpha value is -1.36. The molecule has 0 radical (unpaired) electrons. The van der Waals surface area contributed by atoms with Gasteiger partial charge in [0.25, 0.3) is 0 Å². The molecule has 0 spiro atoms. The molecule has 2 aliphatic heterocycles. The van der Waals surface area contributed by atoms with Crippen LogP contribution in [-0.4, -0.2) is 24.7 Å². The van der Waals surface area contributed by atoms with Gasteiger partial charge in [-0.05, 0) is 49.9 Å². The fourth-order valence-corrected chi connectivity index (χ4v) is 3.44. The van der Waals surface area contributed by atoms with Crippen molar-refractivity contribution in [3.8, 4) is 5.75 Å². The number of nitrogens with zero attached hydrogens (tertiary/aromatic N) is 1. The Kier molecular flexibility index (Phi) is 3.31. The molecule has 2 fully saturated rings. The number of halogens is 2. The lowest BCUT2D eigenvalue weighted by atomic mass is 9.97. The van der Waals surface area contributed by atoms with Gasteiger partial charge in [-0.15, -0.1) is 0 Å². The SMILES string of the molecule is NC1CC2CCC(C1)N2c1ccc(OC(F)F)cc1. The number of hydrogen-bond acceptors (Lipinski definition) is 3. The van der Waals surface area contributed by atoms with Gasteiger partial charge in [0.1, 0.15) is 5.75 Å². The zero-order chi connectivity index (χ0) is 13.4. The smallest absolute Gasteiger partial charge is 0.387 e. The highest BCUT2D eigenvalue weighted by Gasteiger charge is 2.39. The average molecular weight is 268 g/mol. The van der Waals surface area contributed by atoms with E-state index in [1.54, 1.807) is 12.1 Å². The zero-order valence-electron chi connectivity index (χ0n) is 10.6. The number of benzene rings is 1. The molecule has 0 amide bonds. The minimum Gasteiger partial charge on any atom is -0.435 e. The summed E-state index contributed by atoms with van der Waals surface area (Å²) in [5.41, 5.74) is 7.13. The van der Waals surface area contributed by atoms with E-state index in [4.69, 9.17) is 5.73 Å². The molecule has 3 nitrogen and oxygen atoms in total. The second kappa shape index (κ2) is 4.96. The van der Waals surface area contributed by atoms with Crippen molar-refractivity contribution in [2.75, 3.05) is 4.90 Å². The van der Waals surface area contributed by atoms with Crippen LogP contribution in [0.25, 0.3) is 0 Å². The van der Waals surface area contributed by atoms with Crippen LogP contribution in [0.15, 0.2) is 24.3 Å². The minimum absolute atomic E-state index is 0.208. The molecular weight excluding hydrogens is 250 g/mol. The van der Waals surface area contributed by atoms with Crippen LogP contribution in [0.1, 0.15) is 25.7 Å². The molecule has 104 valence electrons. The van der Waals surface area contributed by atoms with E-state index in [9.17, 15) is 8.78 Å². The summed E-state index contributed by atoms with van der Waals surface area (Å²) in [6.45, 7) is -2.77. The van der Waals surface area contributed by atoms with Gasteiger partial charge in [-0.3, -0.25) is 0 Å². The molecule has 2 bridgehead atoms. The van der Waals surface area contributed by atoms with Crippen LogP contribution in [0.3, 0.4) is 0 Å². The lowest BCUT2D eigenvalue weighted by molar-refractivity contribution is -0.0498. The third kappa shape index (κ3) is 2.52. The predicted molar refractivity (Wildman–Crippen MR) is 69.6 cm³/mol. The van der Waals surface area contributed by atoms with Crippen LogP contribution in [-0.2, 0) is 0 Å². The van der Waals surface area contributed by atoms with E-state index >= 15 is 0 Å². The Morgan fingerprint density at radius 3 is 2.21 bits per heavy atom. The maximum absolute atomic E-state index is 12.1. The molecule has 0 aromatic heterocycles. The molecule has 0 saturated carbocycles. The standard InChI is InChI=1S/C14H18F2N2O/c15-14(16)19-13-5-3-10(4-6-13)18-11-1-2-12(18)8-9(17)7-11/h3-6,9,11-12,14H,1-2,7-8,17H2. The Morgan fingerprint density at radius 2 is 1.68 bits per heavy atom. The van der Waals surface area contributed by atoms with Gasteiger partial charge in [0.2, 0.25) is 0 Å². The first kappa shape index (κ1) is 12.7. The van der Waals surface area contributed by atoms with E-state index in [1.807, 2.05) is 12.1 Å². The van der Waals surface area contributed by atoms with E-state index in [2.05, 4.69) is 9.64 Å². The largest absolute Gasteiger partial charge is 0.435 e. The number of rotatable bonds is 3. The van der Waals surface area contributed by atoms with Crippen LogP contribution < -0.4 is 15.4 Å². The number of nitrogens with two attached hydrogens (primary N) is 1. The topological polar surface area (TPSA) is 38.5 Å². The number of ether oxygens (including phenoxy) is 1. The second-order valence-corrected chi connectivity index (χ2v) is 5.40. The Labute approximate surface area is 111 Å². The molecule has 2 atom stereocenters. The Bertz CT molecular complexity index is 424. The van der Waals surface area contributed by atoms with Crippen molar-refractivity contribution in [1.82, 2.24) is 0 Å². The van der Waals surface area contributed by atoms with Gasteiger partial charge < -0.3 is 15.4 Å². The lowest BCUT2D eigenvalue weighted by Gasteiger charge is -2.39. The maximum Gasteiger partial charge on any atom is 0.387 e. The third-order valence-electron chi connectivity index (χ3n) is 4.13. The summed E-state index contributed by atoms with van der Waals surface area (Å²) >= 11 is 0. The molecule has 2 N–H and O–H groups in total. The van der Waals surface area contributed by atoms with E-state index in [1.165, 1.54) is 12.8 Å². The highest BCUT2D eigenvalue weighted by molar-refractivity contribution is 5.52. The molecule has 2 saturated heterocycles. The van der Waals surface area contributed by atoms with Crippen molar-refractivity contribution >= 4 is 5.69 Å². The maximum atomic E-state index is 12.1. The molecule has 1 aromatic rings. The van der Waals surface area contributed by atoms with Crippen molar-refractivity contribution in [2.45, 2.75) is 50.4 Å². The van der Waals surface area contributed by atoms with Gasteiger partial charge in [-0.2, -0.15) is 8.78 Å². The molecular formula is C14H18F2N2O. The van der Waals surface area contributed by atoms with Crippen LogP contribution in [0.5, 0.6) is 5.75 Å². The van der Waals surface area contributed by atoms with Crippen molar-refractivity contribution in [2.24, 2.45) is 5.73 Å². The van der Waals surface area contributed by atoms with Gasteiger partial charge in [-0.25, -0.2) is 0 Å². The highest BCUT2D eigenvalue weighted by atomic mass is 19.3. The summed E-state index contributed by atoms with van der Waals surface area (Å²) < 4.78 is 28.6. The number of anilines is 1. The van der Waals surface area contributed by atoms with Crippen molar-refractivity contribution < 1.29 is 13.5 Å². The first-order valence-corrected chi connectivity index (χ1v) is 6.72. The molecule has 19 heavy (non-hydrogen) atoms. The van der Waals surface area contributed by atoms with Crippen LogP contribution in [0.4, 0.5) is 14.5 Å². The minimum atomic E-state index is -2.77. The van der Waals surface area contributed by atoms with E-state index in [0.29, 0.717) is 18.1 Å². The average Bonchev–Trinajstić information content (AvgIpc) is 2.63. The Morgan fingerprint density at radius 1 is 1.11 bits per heavy atom. The van der Waals surface area contributed by atoms with Crippen LogP contribution in [0, 0.1) is 0 Å². The fourth-order valence-electron chi connectivity index (χ4n) is 3.44. The van der Waals surface area contributed by atoms with Crippen LogP contribution in [0.2, 0.25) is 0 Å². The molecule has 1 aromatic carbocycles. The van der Waals surface area contributed by atoms with Gasteiger partial charge in [0.05, 0.1) is 0 Å². The zero-order valence-corrected chi connectivity index (χ0v) is 10.6. The summed E-state index contributed by atoms with van der Waals surface area (Å²) in [6, 6.07) is 8.23. The van der Waals surface area contributed by atoms with E-state index in [-0.39, 0.29) is 5.75 Å². The molecule has 3 rings (SSSR count). The molecule has 2 heterocycles. The summed E-state index contributed by atoms with van der Waals surface area (Å²) in [5.74, 6) is 0.208. The lowest BCUT2D eigenvalue weighted by Crippen LogP contribution is -2.47. The summed E-state index contributed by atoms with van der Waals surface area (Å²) in [7, 11) is 0. The van der Waals surface area contributed by atoms with Gasteiger partial charge in [0, 0.05) is 23.8 Å². The molecule has 2 unspecified atom stereocenters. The predicted octanol–water partition coefficient (Wildman–Crippen LogP) is 2.75. The Balaban J connectivity index is 1.76. The van der Waals surface area contributed by atoms with Crippen molar-refractivity contribution in [3.05, 3.63) is 24.3 Å². The van der Waals surface area contributed by atoms with E-state index in [0.717, 1.165) is 18.5 Å². The summed E-state index contributed by atoms with van der Waals surface area (Å²) in [5, 5.41) is 0. The first-order chi connectivity index (χ1) is 9.13. The number of fused-ring (bicyclic) bond motifs is 2. The van der Waals surface area contributed by atoms with Gasteiger partial charge in [0.15, 0.2) is 0 Å². The van der Waals surface area contributed by atoms with Crippen molar-refractivity contribution in [3.63, 3.8) is 0 Å². The monoisotopic (exact) mass is 268 g/mol. The quantitative estimate of drug-likeness (QED) is 0.916. The second-order valence-electron chi connectivity index (χ2n) is 5.40. The van der Waals surface area contributed by atoms with Gasteiger partial charge in [-0.1, -0.05) is 0 Å². The normalized spacial score (nSPS) is 29.9. The number of hydrogen-bond donors (Lipinski definition) is 1. The molecule has 5 heteroatoms. The first-order valence-electron chi connectivity index (χ1n) is 6.72. The van der Waals surface area contributed by atoms with Gasteiger partial charge >= 0.3 is 6.61 Å². The highest BCUT2D eigenvalue weighted by Crippen LogP contribution is 2.39. The molecule has 2 aliphatic rings. The summed E-state index contributed by atoms with van der Waals surface area (Å²) in [6.07, 6.45) is 4.39.